The van der Waals surface area contributed by atoms with Gasteiger partial charge in [-0.2, -0.15) is 5.10 Å². The number of aromatic nitrogens is 4. The number of amides is 1. The molecule has 1 amide bonds. The van der Waals surface area contributed by atoms with Gasteiger partial charge in [0.1, 0.15) is 5.02 Å². The number of rotatable bonds is 5. The molecule has 8 nitrogen and oxygen atoms in total. The molecule has 0 spiro atoms. The highest BCUT2D eigenvalue weighted by atomic mass is 35.5. The van der Waals surface area contributed by atoms with Gasteiger partial charge in [0.25, 0.3) is 0 Å². The van der Waals surface area contributed by atoms with Crippen molar-refractivity contribution in [1.29, 1.82) is 0 Å². The normalized spacial score (nSPS) is 11.7. The molecule has 0 aliphatic heterocycles. The summed E-state index contributed by atoms with van der Waals surface area (Å²) in [6.07, 6.45) is 0.0335. The van der Waals surface area contributed by atoms with Crippen molar-refractivity contribution in [3.63, 3.8) is 0 Å². The molecule has 2 N–H and O–H groups in total. The van der Waals surface area contributed by atoms with Crippen molar-refractivity contribution >= 4 is 46.4 Å². The van der Waals surface area contributed by atoms with Crippen molar-refractivity contribution < 1.29 is 14.3 Å². The molecule has 30 heavy (non-hydrogen) atoms. The van der Waals surface area contributed by atoms with Gasteiger partial charge in [-0.05, 0) is 24.6 Å². The number of hydrogen-bond acceptors (Lipinski definition) is 5. The van der Waals surface area contributed by atoms with Crippen LogP contribution in [0.25, 0.3) is 17.0 Å². The standard InChI is InChI=1S/C20H23Cl2N5O3/c1-10-8-11(23-13(28)6-7-14(29)30-5)9-12(21)15(10)18-24-19-16(22)17(20(2,3)4)25-27(19)26-18/h8-9H,6-7H2,1-5H3,(H,23,28)(H,24,26). The lowest BCUT2D eigenvalue weighted by Gasteiger charge is -2.14. The fraction of sp³-hybridized carbons (Fsp3) is 0.400. The van der Waals surface area contributed by atoms with E-state index in [2.05, 4.69) is 25.2 Å². The fourth-order valence-electron chi connectivity index (χ4n) is 3.05. The van der Waals surface area contributed by atoms with Gasteiger partial charge in [-0.3, -0.25) is 9.59 Å². The predicted octanol–water partition coefficient (Wildman–Crippen LogP) is 4.53. The van der Waals surface area contributed by atoms with Gasteiger partial charge in [-0.1, -0.05) is 44.0 Å². The molecule has 160 valence electrons. The molecule has 0 aliphatic carbocycles. The van der Waals surface area contributed by atoms with E-state index in [1.54, 1.807) is 12.1 Å². The molecule has 0 saturated carbocycles. The fourth-order valence-corrected chi connectivity index (χ4v) is 3.85. The van der Waals surface area contributed by atoms with Gasteiger partial charge in [0.15, 0.2) is 11.5 Å². The van der Waals surface area contributed by atoms with Crippen LogP contribution in [0, 0.1) is 6.92 Å². The van der Waals surface area contributed by atoms with E-state index < -0.39 is 5.97 Å². The van der Waals surface area contributed by atoms with Crippen LogP contribution in [0.5, 0.6) is 0 Å². The number of aromatic amines is 1. The van der Waals surface area contributed by atoms with E-state index in [1.807, 2.05) is 27.7 Å². The molecule has 10 heteroatoms. The Morgan fingerprint density at radius 1 is 1.20 bits per heavy atom. The number of ether oxygens (including phenoxy) is 1. The third-order valence-corrected chi connectivity index (χ3v) is 5.20. The van der Waals surface area contributed by atoms with Gasteiger partial charge in [0, 0.05) is 23.1 Å². The summed E-state index contributed by atoms with van der Waals surface area (Å²) < 4.78 is 6.01. The first-order valence-electron chi connectivity index (χ1n) is 9.33. The zero-order valence-electron chi connectivity index (χ0n) is 17.4. The lowest BCUT2D eigenvalue weighted by molar-refractivity contribution is -0.141. The number of carbonyl (C=O) groups is 2. The zero-order chi connectivity index (χ0) is 22.2. The topological polar surface area (TPSA) is 101 Å². The number of aryl methyl sites for hydroxylation is 1. The SMILES string of the molecule is COC(=O)CCC(=O)Nc1cc(C)c(-c2nn3nc(C(C)(C)C)c(Cl)c3[nH]2)c(Cl)c1. The molecular formula is C20H23Cl2N5O3. The van der Waals surface area contributed by atoms with Crippen LogP contribution in [-0.2, 0) is 19.7 Å². The minimum atomic E-state index is -0.439. The van der Waals surface area contributed by atoms with Gasteiger partial charge < -0.3 is 15.0 Å². The van der Waals surface area contributed by atoms with Crippen molar-refractivity contribution in [2.75, 3.05) is 12.4 Å². The minimum Gasteiger partial charge on any atom is -0.469 e. The molecule has 0 aliphatic rings. The number of esters is 1. The molecule has 1 aromatic carbocycles. The third-order valence-electron chi connectivity index (χ3n) is 4.54. The molecule has 0 saturated heterocycles. The lowest BCUT2D eigenvalue weighted by Crippen LogP contribution is -2.14. The summed E-state index contributed by atoms with van der Waals surface area (Å²) in [4.78, 5) is 26.4. The van der Waals surface area contributed by atoms with Crippen molar-refractivity contribution in [3.8, 4) is 11.4 Å². The Bertz CT molecular complexity index is 1100. The van der Waals surface area contributed by atoms with Gasteiger partial charge in [-0.15, -0.1) is 9.73 Å². The highest BCUT2D eigenvalue weighted by molar-refractivity contribution is 6.34. The lowest BCUT2D eigenvalue weighted by atomic mass is 9.92. The summed E-state index contributed by atoms with van der Waals surface area (Å²) in [6, 6.07) is 3.41. The number of carbonyl (C=O) groups excluding carboxylic acids is 2. The number of nitrogens with zero attached hydrogens (tertiary/aromatic N) is 3. The van der Waals surface area contributed by atoms with E-state index in [1.165, 1.54) is 11.7 Å². The van der Waals surface area contributed by atoms with Crippen LogP contribution in [0.1, 0.15) is 44.9 Å². The van der Waals surface area contributed by atoms with Gasteiger partial charge in [0.05, 0.1) is 24.2 Å². The number of hydrogen-bond donors (Lipinski definition) is 2. The molecule has 3 rings (SSSR count). The number of H-pyrrole nitrogens is 1. The second kappa shape index (κ2) is 8.28. The van der Waals surface area contributed by atoms with Gasteiger partial charge >= 0.3 is 5.97 Å². The molecule has 0 radical (unpaired) electrons. The van der Waals surface area contributed by atoms with Crippen LogP contribution >= 0.6 is 23.2 Å². The summed E-state index contributed by atoms with van der Waals surface area (Å²) >= 11 is 13.0. The molecule has 2 aromatic heterocycles. The predicted molar refractivity (Wildman–Crippen MR) is 116 cm³/mol. The number of methoxy groups -OCH3 is 1. The zero-order valence-corrected chi connectivity index (χ0v) is 18.9. The molecule has 0 unspecified atom stereocenters. The van der Waals surface area contributed by atoms with E-state index in [-0.39, 0.29) is 24.2 Å². The summed E-state index contributed by atoms with van der Waals surface area (Å²) in [5, 5.41) is 12.6. The highest BCUT2D eigenvalue weighted by Crippen LogP contribution is 2.35. The van der Waals surface area contributed by atoms with E-state index in [9.17, 15) is 9.59 Å². The number of fused-ring (bicyclic) bond motifs is 1. The Labute approximate surface area is 183 Å². The number of anilines is 1. The van der Waals surface area contributed by atoms with Crippen molar-refractivity contribution in [2.24, 2.45) is 0 Å². The number of nitrogens with one attached hydrogen (secondary N) is 2. The van der Waals surface area contributed by atoms with Crippen molar-refractivity contribution in [1.82, 2.24) is 19.8 Å². The Kier molecular flexibility index (Phi) is 6.10. The Morgan fingerprint density at radius 3 is 2.47 bits per heavy atom. The summed E-state index contributed by atoms with van der Waals surface area (Å²) in [5.74, 6) is -0.224. The van der Waals surface area contributed by atoms with Crippen LogP contribution in [0.2, 0.25) is 10.0 Å². The Balaban J connectivity index is 1.87. The average Bonchev–Trinajstić information content (AvgIpc) is 3.18. The summed E-state index contributed by atoms with van der Waals surface area (Å²) in [5.41, 5.74) is 3.14. The van der Waals surface area contributed by atoms with Crippen molar-refractivity contribution in [2.45, 2.75) is 46.0 Å². The maximum absolute atomic E-state index is 12.0. The van der Waals surface area contributed by atoms with E-state index in [0.29, 0.717) is 32.8 Å². The molecule has 0 bridgehead atoms. The molecule has 3 aromatic rings. The number of benzene rings is 1. The molecule has 2 heterocycles. The minimum absolute atomic E-state index is 0.0105. The van der Waals surface area contributed by atoms with Crippen LogP contribution in [0.4, 0.5) is 5.69 Å². The van der Waals surface area contributed by atoms with E-state index >= 15 is 0 Å². The maximum Gasteiger partial charge on any atom is 0.306 e. The first kappa shape index (κ1) is 22.1. The van der Waals surface area contributed by atoms with Crippen LogP contribution in [-0.4, -0.2) is 38.8 Å². The molecular weight excluding hydrogens is 429 g/mol. The molecule has 0 fully saturated rings. The van der Waals surface area contributed by atoms with Gasteiger partial charge in [-0.25, -0.2) is 0 Å². The van der Waals surface area contributed by atoms with Crippen LogP contribution < -0.4 is 5.32 Å². The van der Waals surface area contributed by atoms with E-state index in [4.69, 9.17) is 23.2 Å². The Morgan fingerprint density at radius 2 is 1.90 bits per heavy atom. The van der Waals surface area contributed by atoms with E-state index in [0.717, 1.165) is 11.3 Å². The van der Waals surface area contributed by atoms with Gasteiger partial charge in [0.2, 0.25) is 5.91 Å². The second-order valence-corrected chi connectivity index (χ2v) is 8.78. The quantitative estimate of drug-likeness (QED) is 0.554. The average molecular weight is 452 g/mol. The highest BCUT2D eigenvalue weighted by Gasteiger charge is 2.26. The Hall–Kier alpha value is -2.58. The van der Waals surface area contributed by atoms with Crippen molar-refractivity contribution in [3.05, 3.63) is 33.4 Å². The molecule has 0 atom stereocenters. The monoisotopic (exact) mass is 451 g/mol. The first-order chi connectivity index (χ1) is 14.0. The van der Waals surface area contributed by atoms with Crippen LogP contribution in [0.3, 0.4) is 0 Å². The maximum atomic E-state index is 12.0. The largest absolute Gasteiger partial charge is 0.469 e. The number of halogens is 2. The third kappa shape index (κ3) is 4.44. The smallest absolute Gasteiger partial charge is 0.306 e. The second-order valence-electron chi connectivity index (χ2n) is 8.00. The first-order valence-corrected chi connectivity index (χ1v) is 10.1. The summed E-state index contributed by atoms with van der Waals surface area (Å²) in [6.45, 7) is 7.95. The summed E-state index contributed by atoms with van der Waals surface area (Å²) in [7, 11) is 1.28. The van der Waals surface area contributed by atoms with Crippen LogP contribution in [0.15, 0.2) is 12.1 Å².